The van der Waals surface area contributed by atoms with E-state index in [0.29, 0.717) is 0 Å². The Hall–Kier alpha value is -1.39. The first kappa shape index (κ1) is 15.0. The van der Waals surface area contributed by atoms with Gasteiger partial charge in [-0.15, -0.1) is 0 Å². The third kappa shape index (κ3) is 4.62. The maximum Gasteiger partial charge on any atom is 0.248 e. The van der Waals surface area contributed by atoms with E-state index in [-0.39, 0.29) is 18.6 Å². The highest BCUT2D eigenvalue weighted by atomic mass is 16.5. The maximum absolute atomic E-state index is 11.5. The molecule has 20 heavy (non-hydrogen) atoms. The molecule has 1 aliphatic heterocycles. The van der Waals surface area contributed by atoms with Crippen molar-refractivity contribution in [1.82, 2.24) is 9.80 Å². The molecule has 0 spiro atoms. The summed E-state index contributed by atoms with van der Waals surface area (Å²) in [5, 5.41) is 0. The van der Waals surface area contributed by atoms with E-state index < -0.39 is 0 Å². The van der Waals surface area contributed by atoms with E-state index in [1.54, 1.807) is 19.0 Å². The summed E-state index contributed by atoms with van der Waals surface area (Å²) in [4.78, 5) is 15.5. The van der Waals surface area contributed by atoms with Crippen molar-refractivity contribution < 1.29 is 9.53 Å². The molecule has 4 heteroatoms. The summed E-state index contributed by atoms with van der Waals surface area (Å²) in [5.74, 6) is 0.0386. The van der Waals surface area contributed by atoms with Gasteiger partial charge < -0.3 is 9.64 Å². The van der Waals surface area contributed by atoms with Crippen LogP contribution in [0.4, 0.5) is 0 Å². The van der Waals surface area contributed by atoms with Gasteiger partial charge in [-0.05, 0) is 18.4 Å². The largest absolute Gasteiger partial charge is 0.368 e. The Labute approximate surface area is 121 Å². The number of likely N-dealkylation sites (N-methyl/N-ethyl adjacent to an activating group) is 1. The minimum absolute atomic E-state index is 0.0386. The molecule has 1 aromatic carbocycles. The first-order valence-electron chi connectivity index (χ1n) is 7.23. The SMILES string of the molecule is CN(C)C(=O)COC1CCN(Cc2ccccc2)CC1. The van der Waals surface area contributed by atoms with Crippen LogP contribution in [-0.2, 0) is 16.1 Å². The molecule has 1 amide bonds. The van der Waals surface area contributed by atoms with E-state index in [2.05, 4.69) is 29.2 Å². The average molecular weight is 276 g/mol. The van der Waals surface area contributed by atoms with Crippen molar-refractivity contribution in [2.45, 2.75) is 25.5 Å². The number of likely N-dealkylation sites (tertiary alicyclic amines) is 1. The highest BCUT2D eigenvalue weighted by Gasteiger charge is 2.20. The zero-order valence-electron chi connectivity index (χ0n) is 12.4. The molecule has 0 aliphatic carbocycles. The van der Waals surface area contributed by atoms with Gasteiger partial charge in [-0.1, -0.05) is 30.3 Å². The van der Waals surface area contributed by atoms with Crippen LogP contribution >= 0.6 is 0 Å². The molecule has 0 N–H and O–H groups in total. The highest BCUT2D eigenvalue weighted by Crippen LogP contribution is 2.16. The van der Waals surface area contributed by atoms with E-state index in [0.717, 1.165) is 32.5 Å². The first-order valence-corrected chi connectivity index (χ1v) is 7.23. The molecule has 0 unspecified atom stereocenters. The summed E-state index contributed by atoms with van der Waals surface area (Å²) in [6, 6.07) is 10.5. The van der Waals surface area contributed by atoms with Crippen molar-refractivity contribution in [2.24, 2.45) is 0 Å². The molecule has 4 nitrogen and oxygen atoms in total. The predicted molar refractivity (Wildman–Crippen MR) is 79.4 cm³/mol. The lowest BCUT2D eigenvalue weighted by Crippen LogP contribution is -2.38. The standard InChI is InChI=1S/C16H24N2O2/c1-17(2)16(19)13-20-15-8-10-18(11-9-15)12-14-6-4-3-5-7-14/h3-7,15H,8-13H2,1-2H3. The van der Waals surface area contributed by atoms with E-state index in [9.17, 15) is 4.79 Å². The number of amides is 1. The van der Waals surface area contributed by atoms with E-state index in [1.165, 1.54) is 5.56 Å². The quantitative estimate of drug-likeness (QED) is 0.821. The third-order valence-corrected chi connectivity index (χ3v) is 3.72. The van der Waals surface area contributed by atoms with Gasteiger partial charge in [0.1, 0.15) is 6.61 Å². The Bertz CT molecular complexity index is 412. The van der Waals surface area contributed by atoms with Gasteiger partial charge in [0.25, 0.3) is 0 Å². The number of carbonyl (C=O) groups is 1. The summed E-state index contributed by atoms with van der Waals surface area (Å²) in [6.07, 6.45) is 2.24. The summed E-state index contributed by atoms with van der Waals surface area (Å²) >= 11 is 0. The second kappa shape index (κ2) is 7.41. The van der Waals surface area contributed by atoms with Crippen LogP contribution in [0, 0.1) is 0 Å². The summed E-state index contributed by atoms with van der Waals surface area (Å²) in [5.41, 5.74) is 1.36. The fraction of sp³-hybridized carbons (Fsp3) is 0.562. The van der Waals surface area contributed by atoms with Crippen molar-refractivity contribution in [3.8, 4) is 0 Å². The van der Waals surface area contributed by atoms with Gasteiger partial charge in [0.15, 0.2) is 0 Å². The van der Waals surface area contributed by atoms with Crippen LogP contribution in [-0.4, -0.2) is 55.6 Å². The van der Waals surface area contributed by atoms with Crippen molar-refractivity contribution in [2.75, 3.05) is 33.8 Å². The number of benzene rings is 1. The minimum atomic E-state index is 0.0386. The molecule has 0 saturated carbocycles. The molecule has 2 rings (SSSR count). The summed E-state index contributed by atoms with van der Waals surface area (Å²) < 4.78 is 5.69. The van der Waals surface area contributed by atoms with Crippen molar-refractivity contribution >= 4 is 5.91 Å². The molecule has 1 aromatic rings. The van der Waals surface area contributed by atoms with E-state index in [1.807, 2.05) is 6.07 Å². The number of hydrogen-bond donors (Lipinski definition) is 0. The van der Waals surface area contributed by atoms with Crippen LogP contribution in [0.15, 0.2) is 30.3 Å². The van der Waals surface area contributed by atoms with Gasteiger partial charge in [-0.2, -0.15) is 0 Å². The zero-order valence-corrected chi connectivity index (χ0v) is 12.4. The molecular formula is C16H24N2O2. The van der Waals surface area contributed by atoms with Crippen LogP contribution in [0.3, 0.4) is 0 Å². The molecule has 0 atom stereocenters. The summed E-state index contributed by atoms with van der Waals surface area (Å²) in [7, 11) is 3.52. The van der Waals surface area contributed by atoms with Gasteiger partial charge >= 0.3 is 0 Å². The van der Waals surface area contributed by atoms with Gasteiger partial charge in [0.05, 0.1) is 6.10 Å². The monoisotopic (exact) mass is 276 g/mol. The van der Waals surface area contributed by atoms with E-state index in [4.69, 9.17) is 4.74 Å². The normalized spacial score (nSPS) is 17.1. The number of rotatable bonds is 5. The Kier molecular flexibility index (Phi) is 5.56. The molecule has 0 radical (unpaired) electrons. The highest BCUT2D eigenvalue weighted by molar-refractivity contribution is 5.76. The van der Waals surface area contributed by atoms with Gasteiger partial charge in [-0.3, -0.25) is 9.69 Å². The Morgan fingerprint density at radius 2 is 1.90 bits per heavy atom. The molecule has 1 heterocycles. The number of ether oxygens (including phenoxy) is 1. The van der Waals surface area contributed by atoms with Crippen LogP contribution in [0.2, 0.25) is 0 Å². The Balaban J connectivity index is 1.69. The molecule has 1 aliphatic rings. The lowest BCUT2D eigenvalue weighted by molar-refractivity contribution is -0.136. The number of piperidine rings is 1. The Morgan fingerprint density at radius 3 is 2.50 bits per heavy atom. The maximum atomic E-state index is 11.5. The van der Waals surface area contributed by atoms with Crippen molar-refractivity contribution in [1.29, 1.82) is 0 Å². The smallest absolute Gasteiger partial charge is 0.248 e. The number of hydrogen-bond acceptors (Lipinski definition) is 3. The fourth-order valence-electron chi connectivity index (χ4n) is 2.39. The molecule has 110 valence electrons. The number of carbonyl (C=O) groups excluding carboxylic acids is 1. The van der Waals surface area contributed by atoms with Crippen LogP contribution < -0.4 is 0 Å². The molecule has 0 bridgehead atoms. The third-order valence-electron chi connectivity index (χ3n) is 3.72. The van der Waals surface area contributed by atoms with E-state index >= 15 is 0 Å². The van der Waals surface area contributed by atoms with Gasteiger partial charge in [0.2, 0.25) is 5.91 Å². The molecular weight excluding hydrogens is 252 g/mol. The molecule has 0 aromatic heterocycles. The van der Waals surface area contributed by atoms with Crippen LogP contribution in [0.5, 0.6) is 0 Å². The fourth-order valence-corrected chi connectivity index (χ4v) is 2.39. The second-order valence-corrected chi connectivity index (χ2v) is 5.56. The van der Waals surface area contributed by atoms with Crippen molar-refractivity contribution in [3.05, 3.63) is 35.9 Å². The Morgan fingerprint density at radius 1 is 1.25 bits per heavy atom. The van der Waals surface area contributed by atoms with Gasteiger partial charge in [0, 0.05) is 33.7 Å². The zero-order chi connectivity index (χ0) is 14.4. The minimum Gasteiger partial charge on any atom is -0.368 e. The van der Waals surface area contributed by atoms with Gasteiger partial charge in [-0.25, -0.2) is 0 Å². The number of nitrogens with zero attached hydrogens (tertiary/aromatic N) is 2. The average Bonchev–Trinajstić information content (AvgIpc) is 2.47. The molecule has 1 saturated heterocycles. The predicted octanol–water partition coefficient (Wildman–Crippen LogP) is 1.76. The van der Waals surface area contributed by atoms with Crippen LogP contribution in [0.1, 0.15) is 18.4 Å². The lowest BCUT2D eigenvalue weighted by Gasteiger charge is -2.32. The van der Waals surface area contributed by atoms with Crippen LogP contribution in [0.25, 0.3) is 0 Å². The first-order chi connectivity index (χ1) is 9.65. The topological polar surface area (TPSA) is 32.8 Å². The lowest BCUT2D eigenvalue weighted by atomic mass is 10.1. The molecule has 1 fully saturated rings. The van der Waals surface area contributed by atoms with Crippen molar-refractivity contribution in [3.63, 3.8) is 0 Å². The second-order valence-electron chi connectivity index (χ2n) is 5.56. The summed E-state index contributed by atoms with van der Waals surface area (Å²) in [6.45, 7) is 3.28.